The van der Waals surface area contributed by atoms with Gasteiger partial charge in [-0.1, -0.05) is 44.5 Å². The topological polar surface area (TPSA) is 69.5 Å². The number of nitrogens with one attached hydrogen (secondary N) is 1. The molecule has 5 rings (SSSR count). The highest BCUT2D eigenvalue weighted by atomic mass is 16.3. The number of nitrogens with zero attached hydrogens (tertiary/aromatic N) is 5. The van der Waals surface area contributed by atoms with E-state index in [4.69, 9.17) is 4.98 Å². The van der Waals surface area contributed by atoms with Crippen LogP contribution >= 0.6 is 0 Å². The highest BCUT2D eigenvalue weighted by molar-refractivity contribution is 5.94. The Morgan fingerprint density at radius 1 is 1.03 bits per heavy atom. The molecule has 1 saturated heterocycles. The smallest absolute Gasteiger partial charge is 0.224 e. The van der Waals surface area contributed by atoms with Crippen molar-refractivity contribution in [1.82, 2.24) is 24.3 Å². The lowest BCUT2D eigenvalue weighted by atomic mass is 9.93. The number of aliphatic hydroxyl groups excluding tert-OH is 1. The van der Waals surface area contributed by atoms with Crippen LogP contribution in [0.3, 0.4) is 0 Å². The fourth-order valence-electron chi connectivity index (χ4n) is 5.96. The third-order valence-corrected chi connectivity index (χ3v) is 8.55. The second kappa shape index (κ2) is 11.9. The standard InChI is InChI=1S/C30H44N6O/c1-4-6-15-31-30-32-20-27-28(21-36(29(27)33-30)25-11-13-26(37)14-12-25)24-9-7-23(8-10-24)22(3)35-18-16-34(5-2)17-19-35/h7-10,20-22,25-26,37H,4-6,11-19H2,1-3H3,(H,31,32,33). The molecule has 2 N–H and O–H groups in total. The molecule has 2 fully saturated rings. The van der Waals surface area contributed by atoms with Gasteiger partial charge in [0.2, 0.25) is 5.95 Å². The third-order valence-electron chi connectivity index (χ3n) is 8.55. The number of hydrogen-bond acceptors (Lipinski definition) is 6. The van der Waals surface area contributed by atoms with E-state index >= 15 is 0 Å². The molecular formula is C30H44N6O. The van der Waals surface area contributed by atoms with Crippen LogP contribution in [0.4, 0.5) is 5.95 Å². The summed E-state index contributed by atoms with van der Waals surface area (Å²) in [5.74, 6) is 0.704. The monoisotopic (exact) mass is 504 g/mol. The Hall–Kier alpha value is -2.48. The Morgan fingerprint density at radius 2 is 1.76 bits per heavy atom. The lowest BCUT2D eigenvalue weighted by Gasteiger charge is -2.37. The van der Waals surface area contributed by atoms with Crippen molar-refractivity contribution in [3.05, 3.63) is 42.2 Å². The van der Waals surface area contributed by atoms with Gasteiger partial charge in [-0.25, -0.2) is 4.98 Å². The molecule has 7 heteroatoms. The van der Waals surface area contributed by atoms with Crippen LogP contribution in [0.2, 0.25) is 0 Å². The van der Waals surface area contributed by atoms with Gasteiger partial charge in [0, 0.05) is 68.2 Å². The second-order valence-corrected chi connectivity index (χ2v) is 10.9. The molecule has 0 radical (unpaired) electrons. The Bertz CT molecular complexity index is 1140. The third kappa shape index (κ3) is 5.84. The van der Waals surface area contributed by atoms with Crippen LogP contribution in [0.5, 0.6) is 0 Å². The molecule has 37 heavy (non-hydrogen) atoms. The average Bonchev–Trinajstić information content (AvgIpc) is 3.32. The molecule has 1 unspecified atom stereocenters. The number of piperazine rings is 1. The first-order valence-electron chi connectivity index (χ1n) is 14.4. The van der Waals surface area contributed by atoms with E-state index in [1.165, 1.54) is 16.7 Å². The fraction of sp³-hybridized carbons (Fsp3) is 0.600. The summed E-state index contributed by atoms with van der Waals surface area (Å²) in [6, 6.07) is 9.92. The first-order valence-corrected chi connectivity index (χ1v) is 14.4. The number of likely N-dealkylation sites (N-methyl/N-ethyl adjacent to an activating group) is 1. The van der Waals surface area contributed by atoms with E-state index in [0.717, 1.165) is 88.8 Å². The summed E-state index contributed by atoms with van der Waals surface area (Å²) >= 11 is 0. The molecule has 3 aromatic rings. The van der Waals surface area contributed by atoms with Crippen molar-refractivity contribution in [2.45, 2.75) is 77.5 Å². The number of rotatable bonds is 9. The molecule has 1 aliphatic heterocycles. The Labute approximate surface area is 221 Å². The second-order valence-electron chi connectivity index (χ2n) is 10.9. The first kappa shape index (κ1) is 26.1. The quantitative estimate of drug-likeness (QED) is 0.376. The van der Waals surface area contributed by atoms with Crippen LogP contribution in [-0.4, -0.2) is 74.8 Å². The molecule has 3 heterocycles. The van der Waals surface area contributed by atoms with E-state index in [1.807, 2.05) is 6.20 Å². The predicted molar refractivity (Wildman–Crippen MR) is 152 cm³/mol. The molecule has 2 aliphatic rings. The Morgan fingerprint density at radius 3 is 2.43 bits per heavy atom. The molecule has 0 spiro atoms. The number of aromatic nitrogens is 3. The van der Waals surface area contributed by atoms with Crippen molar-refractivity contribution in [2.24, 2.45) is 0 Å². The Kier molecular flexibility index (Phi) is 8.43. The molecular weight excluding hydrogens is 460 g/mol. The van der Waals surface area contributed by atoms with Crippen LogP contribution in [0, 0.1) is 0 Å². The maximum Gasteiger partial charge on any atom is 0.224 e. The summed E-state index contributed by atoms with van der Waals surface area (Å²) in [5.41, 5.74) is 4.77. The van der Waals surface area contributed by atoms with Crippen LogP contribution in [0.1, 0.15) is 76.9 Å². The van der Waals surface area contributed by atoms with Crippen LogP contribution in [0.15, 0.2) is 36.7 Å². The molecule has 200 valence electrons. The van der Waals surface area contributed by atoms with Crippen molar-refractivity contribution >= 4 is 17.0 Å². The van der Waals surface area contributed by atoms with E-state index in [2.05, 4.69) is 75.9 Å². The summed E-state index contributed by atoms with van der Waals surface area (Å²) in [6.07, 6.45) is 10.0. The van der Waals surface area contributed by atoms with Crippen molar-refractivity contribution in [1.29, 1.82) is 0 Å². The Balaban J connectivity index is 1.41. The van der Waals surface area contributed by atoms with Crippen molar-refractivity contribution in [2.75, 3.05) is 44.6 Å². The van der Waals surface area contributed by atoms with Gasteiger partial charge < -0.3 is 19.9 Å². The van der Waals surface area contributed by atoms with E-state index < -0.39 is 0 Å². The van der Waals surface area contributed by atoms with Crippen molar-refractivity contribution in [3.63, 3.8) is 0 Å². The fourth-order valence-corrected chi connectivity index (χ4v) is 5.96. The van der Waals surface area contributed by atoms with Gasteiger partial charge in [-0.3, -0.25) is 4.90 Å². The van der Waals surface area contributed by atoms with E-state index in [-0.39, 0.29) is 6.10 Å². The molecule has 0 bridgehead atoms. The van der Waals surface area contributed by atoms with Crippen molar-refractivity contribution < 1.29 is 5.11 Å². The minimum atomic E-state index is -0.169. The summed E-state index contributed by atoms with van der Waals surface area (Å²) < 4.78 is 2.35. The zero-order valence-corrected chi connectivity index (χ0v) is 22.9. The number of unbranched alkanes of at least 4 members (excludes halogenated alkanes) is 1. The van der Waals surface area contributed by atoms with Crippen LogP contribution in [-0.2, 0) is 0 Å². The number of benzene rings is 1. The zero-order valence-electron chi connectivity index (χ0n) is 22.9. The minimum Gasteiger partial charge on any atom is -0.393 e. The van der Waals surface area contributed by atoms with Gasteiger partial charge in [0.15, 0.2) is 0 Å². The van der Waals surface area contributed by atoms with Crippen molar-refractivity contribution in [3.8, 4) is 11.1 Å². The van der Waals surface area contributed by atoms with Gasteiger partial charge in [-0.2, -0.15) is 4.98 Å². The zero-order chi connectivity index (χ0) is 25.8. The number of aliphatic hydroxyl groups is 1. The highest BCUT2D eigenvalue weighted by Crippen LogP contribution is 2.37. The van der Waals surface area contributed by atoms with Gasteiger partial charge >= 0.3 is 0 Å². The lowest BCUT2D eigenvalue weighted by molar-refractivity contribution is 0.106. The molecule has 0 amide bonds. The van der Waals surface area contributed by atoms with Gasteiger partial charge in [0.1, 0.15) is 5.65 Å². The van der Waals surface area contributed by atoms with E-state index in [0.29, 0.717) is 18.0 Å². The highest BCUT2D eigenvalue weighted by Gasteiger charge is 2.25. The maximum atomic E-state index is 10.1. The van der Waals surface area contributed by atoms with Gasteiger partial charge in [-0.05, 0) is 56.7 Å². The average molecular weight is 505 g/mol. The normalized spacial score (nSPS) is 22.4. The molecule has 7 nitrogen and oxygen atoms in total. The van der Waals surface area contributed by atoms with Crippen LogP contribution in [0.25, 0.3) is 22.2 Å². The summed E-state index contributed by atoms with van der Waals surface area (Å²) in [4.78, 5) is 14.8. The molecule has 1 saturated carbocycles. The van der Waals surface area contributed by atoms with Gasteiger partial charge in [0.05, 0.1) is 6.10 Å². The maximum absolute atomic E-state index is 10.1. The SMILES string of the molecule is CCCCNc1ncc2c(-c3ccc(C(C)N4CCN(CC)CC4)cc3)cn(C3CCC(O)CC3)c2n1. The number of anilines is 1. The largest absolute Gasteiger partial charge is 0.393 e. The molecule has 1 atom stereocenters. The predicted octanol–water partition coefficient (Wildman–Crippen LogP) is 5.48. The number of hydrogen-bond donors (Lipinski definition) is 2. The minimum absolute atomic E-state index is 0.169. The van der Waals surface area contributed by atoms with Gasteiger partial charge in [0.25, 0.3) is 0 Å². The van der Waals surface area contributed by atoms with Crippen LogP contribution < -0.4 is 5.32 Å². The summed E-state index contributed by atoms with van der Waals surface area (Å²) in [7, 11) is 0. The summed E-state index contributed by atoms with van der Waals surface area (Å²) in [5, 5.41) is 14.6. The molecule has 1 aromatic carbocycles. The molecule has 2 aromatic heterocycles. The lowest BCUT2D eigenvalue weighted by Crippen LogP contribution is -2.46. The van der Waals surface area contributed by atoms with Gasteiger partial charge in [-0.15, -0.1) is 0 Å². The summed E-state index contributed by atoms with van der Waals surface area (Å²) in [6.45, 7) is 13.4. The van der Waals surface area contributed by atoms with E-state index in [9.17, 15) is 5.11 Å². The number of fused-ring (bicyclic) bond motifs is 1. The van der Waals surface area contributed by atoms with E-state index in [1.54, 1.807) is 0 Å². The molecule has 1 aliphatic carbocycles. The first-order chi connectivity index (χ1) is 18.1.